The molecule has 0 fully saturated rings. The zero-order chi connectivity index (χ0) is 11.6. The van der Waals surface area contributed by atoms with Crippen molar-refractivity contribution in [2.24, 2.45) is 0 Å². The van der Waals surface area contributed by atoms with Crippen LogP contribution in [0.4, 0.5) is 13.2 Å². The van der Waals surface area contributed by atoms with Gasteiger partial charge in [-0.15, -0.1) is 24.5 Å². The summed E-state index contributed by atoms with van der Waals surface area (Å²) in [5, 5.41) is 1.70. The van der Waals surface area contributed by atoms with Gasteiger partial charge in [0.05, 0.1) is 5.69 Å². The number of halogens is 3. The Morgan fingerprint density at radius 1 is 1.31 bits per heavy atom. The first-order valence-electron chi connectivity index (χ1n) is 4.22. The second kappa shape index (κ2) is 4.13. The van der Waals surface area contributed by atoms with Crippen molar-refractivity contribution in [2.75, 3.05) is 0 Å². The molecule has 0 aliphatic rings. The molecular weight excluding hydrogens is 239 g/mol. The highest BCUT2D eigenvalue weighted by atomic mass is 32.1. The minimum atomic E-state index is -4.67. The van der Waals surface area contributed by atoms with Crippen molar-refractivity contribution in [3.05, 3.63) is 35.2 Å². The summed E-state index contributed by atoms with van der Waals surface area (Å²) >= 11 is 1.25. The maximum Gasteiger partial charge on any atom is 0.573 e. The third kappa shape index (κ3) is 2.73. The topological polar surface area (TPSA) is 22.1 Å². The molecule has 0 saturated heterocycles. The fraction of sp³-hybridized carbons (Fsp3) is 0.100. The summed E-state index contributed by atoms with van der Waals surface area (Å²) in [6.07, 6.45) is -4.67. The first-order valence-corrected chi connectivity index (χ1v) is 5.10. The van der Waals surface area contributed by atoms with Crippen molar-refractivity contribution >= 4 is 11.3 Å². The molecule has 6 heteroatoms. The van der Waals surface area contributed by atoms with Crippen molar-refractivity contribution in [1.82, 2.24) is 4.98 Å². The Kier molecular flexibility index (Phi) is 2.82. The van der Waals surface area contributed by atoms with Crippen molar-refractivity contribution in [3.8, 4) is 17.0 Å². The highest BCUT2D eigenvalue weighted by Crippen LogP contribution is 2.27. The van der Waals surface area contributed by atoms with Gasteiger partial charge in [0.15, 0.2) is 5.51 Å². The van der Waals surface area contributed by atoms with Gasteiger partial charge in [0.25, 0.3) is 0 Å². The number of hydrogen-bond donors (Lipinski definition) is 0. The van der Waals surface area contributed by atoms with Gasteiger partial charge in [-0.3, -0.25) is 0 Å². The van der Waals surface area contributed by atoms with Crippen molar-refractivity contribution < 1.29 is 17.9 Å². The molecule has 2 aromatic rings. The minimum absolute atomic E-state index is 0.252. The normalized spacial score (nSPS) is 11.4. The summed E-state index contributed by atoms with van der Waals surface area (Å²) in [7, 11) is 0. The van der Waals surface area contributed by atoms with Crippen LogP contribution < -0.4 is 4.74 Å². The van der Waals surface area contributed by atoms with E-state index in [2.05, 4.69) is 15.2 Å². The third-order valence-electron chi connectivity index (χ3n) is 1.75. The lowest BCUT2D eigenvalue weighted by molar-refractivity contribution is -0.274. The van der Waals surface area contributed by atoms with Crippen molar-refractivity contribution in [3.63, 3.8) is 0 Å². The third-order valence-corrected chi connectivity index (χ3v) is 2.29. The number of aromatic nitrogens is 1. The second-order valence-electron chi connectivity index (χ2n) is 2.90. The Hall–Kier alpha value is -1.56. The fourth-order valence-corrected chi connectivity index (χ4v) is 1.67. The lowest BCUT2D eigenvalue weighted by Gasteiger charge is -2.09. The summed E-state index contributed by atoms with van der Waals surface area (Å²) < 4.78 is 39.7. The average molecular weight is 244 g/mol. The van der Waals surface area contributed by atoms with E-state index >= 15 is 0 Å². The van der Waals surface area contributed by atoms with Gasteiger partial charge in [-0.25, -0.2) is 4.98 Å². The van der Waals surface area contributed by atoms with Gasteiger partial charge in [0.2, 0.25) is 0 Å². The van der Waals surface area contributed by atoms with Crippen molar-refractivity contribution in [2.45, 2.75) is 6.36 Å². The van der Waals surface area contributed by atoms with Gasteiger partial charge >= 0.3 is 6.36 Å². The van der Waals surface area contributed by atoms with E-state index in [4.69, 9.17) is 0 Å². The maximum absolute atomic E-state index is 12.0. The Bertz CT molecular complexity index is 467. The van der Waals surface area contributed by atoms with Crippen LogP contribution in [-0.4, -0.2) is 11.3 Å². The fourth-order valence-electron chi connectivity index (χ4n) is 1.17. The highest BCUT2D eigenvalue weighted by Gasteiger charge is 2.31. The molecule has 16 heavy (non-hydrogen) atoms. The Morgan fingerprint density at radius 3 is 2.75 bits per heavy atom. The Labute approximate surface area is 93.3 Å². The largest absolute Gasteiger partial charge is 0.573 e. The van der Waals surface area contributed by atoms with Crippen LogP contribution in [0.3, 0.4) is 0 Å². The van der Waals surface area contributed by atoms with Gasteiger partial charge in [-0.1, -0.05) is 12.1 Å². The molecule has 2 rings (SSSR count). The smallest absolute Gasteiger partial charge is 0.406 e. The van der Waals surface area contributed by atoms with Gasteiger partial charge in [-0.2, -0.15) is 0 Å². The van der Waals surface area contributed by atoms with Crippen molar-refractivity contribution in [1.29, 1.82) is 0 Å². The second-order valence-corrected chi connectivity index (χ2v) is 3.55. The Morgan fingerprint density at radius 2 is 2.12 bits per heavy atom. The molecule has 0 bridgehead atoms. The molecule has 83 valence electrons. The predicted molar refractivity (Wildman–Crippen MR) is 53.1 cm³/mol. The molecule has 2 nitrogen and oxygen atoms in total. The minimum Gasteiger partial charge on any atom is -0.406 e. The molecule has 1 radical (unpaired) electrons. The molecule has 1 aromatic heterocycles. The van der Waals surface area contributed by atoms with Crippen LogP contribution in [0.5, 0.6) is 5.75 Å². The lowest BCUT2D eigenvalue weighted by Crippen LogP contribution is -2.17. The average Bonchev–Trinajstić information content (AvgIpc) is 2.68. The number of ether oxygens (including phenoxy) is 1. The van der Waals surface area contributed by atoms with Gasteiger partial charge in [0, 0.05) is 10.9 Å². The SMILES string of the molecule is FC(F)(F)Oc1cccc(-c2cs[c]n2)c1. The number of rotatable bonds is 2. The zero-order valence-electron chi connectivity index (χ0n) is 7.78. The number of benzene rings is 1. The first kappa shape index (κ1) is 10.9. The molecule has 0 spiro atoms. The van der Waals surface area contributed by atoms with E-state index < -0.39 is 6.36 Å². The van der Waals surface area contributed by atoms with Crippen LogP contribution in [0.2, 0.25) is 0 Å². The quantitative estimate of drug-likeness (QED) is 0.806. The Balaban J connectivity index is 2.27. The summed E-state index contributed by atoms with van der Waals surface area (Å²) in [5.74, 6) is -0.252. The summed E-state index contributed by atoms with van der Waals surface area (Å²) in [4.78, 5) is 3.88. The highest BCUT2D eigenvalue weighted by molar-refractivity contribution is 7.07. The van der Waals surface area contributed by atoms with Crippen LogP contribution in [0.15, 0.2) is 29.6 Å². The van der Waals surface area contributed by atoms with Gasteiger partial charge < -0.3 is 4.74 Å². The molecule has 0 amide bonds. The summed E-state index contributed by atoms with van der Waals surface area (Å²) in [6.45, 7) is 0. The van der Waals surface area contributed by atoms with Gasteiger partial charge in [-0.05, 0) is 12.1 Å². The van der Waals surface area contributed by atoms with E-state index in [0.717, 1.165) is 0 Å². The molecule has 0 unspecified atom stereocenters. The molecule has 0 aliphatic carbocycles. The summed E-state index contributed by atoms with van der Waals surface area (Å²) in [5.41, 5.74) is 3.77. The monoisotopic (exact) mass is 244 g/mol. The molecule has 0 atom stereocenters. The molecule has 0 saturated carbocycles. The molecular formula is C10H5F3NOS. The molecule has 0 N–H and O–H groups in total. The standard InChI is InChI=1S/C10H5F3NOS/c11-10(12,13)15-8-3-1-2-7(4-8)9-5-16-6-14-9/h1-5H. The van der Waals surface area contributed by atoms with E-state index in [1.165, 1.54) is 29.5 Å². The van der Waals surface area contributed by atoms with Crippen LogP contribution >= 0.6 is 11.3 Å². The number of hydrogen-bond acceptors (Lipinski definition) is 3. The molecule has 1 aromatic carbocycles. The number of alkyl halides is 3. The van der Waals surface area contributed by atoms with E-state index in [9.17, 15) is 13.2 Å². The number of thiazole rings is 1. The first-order chi connectivity index (χ1) is 7.54. The molecule has 1 heterocycles. The lowest BCUT2D eigenvalue weighted by atomic mass is 10.2. The van der Waals surface area contributed by atoms with Crippen LogP contribution in [0, 0.1) is 5.51 Å². The number of nitrogens with zero attached hydrogens (tertiary/aromatic N) is 1. The molecule has 0 aliphatic heterocycles. The van der Waals surface area contributed by atoms with Crippen LogP contribution in [0.1, 0.15) is 0 Å². The summed E-state index contributed by atoms with van der Waals surface area (Å²) in [6, 6.07) is 5.67. The zero-order valence-corrected chi connectivity index (χ0v) is 8.60. The van der Waals surface area contributed by atoms with E-state index in [1.807, 2.05) is 0 Å². The van der Waals surface area contributed by atoms with E-state index in [1.54, 1.807) is 11.4 Å². The maximum atomic E-state index is 12.0. The van der Waals surface area contributed by atoms with Crippen LogP contribution in [-0.2, 0) is 0 Å². The van der Waals surface area contributed by atoms with Gasteiger partial charge in [0.1, 0.15) is 5.75 Å². The van der Waals surface area contributed by atoms with E-state index in [-0.39, 0.29) is 5.75 Å². The van der Waals surface area contributed by atoms with E-state index in [0.29, 0.717) is 11.3 Å². The predicted octanol–water partition coefficient (Wildman–Crippen LogP) is 3.51. The van der Waals surface area contributed by atoms with Crippen LogP contribution in [0.25, 0.3) is 11.3 Å².